The van der Waals surface area contributed by atoms with Gasteiger partial charge in [0.15, 0.2) is 11.5 Å². The number of aliphatic hydroxyl groups excluding tert-OH is 1. The van der Waals surface area contributed by atoms with Crippen molar-refractivity contribution < 1.29 is 42.0 Å². The summed E-state index contributed by atoms with van der Waals surface area (Å²) < 4.78 is 56.3. The van der Waals surface area contributed by atoms with Gasteiger partial charge in [-0.05, 0) is 62.9 Å². The Balaban J connectivity index is 1.47. The summed E-state index contributed by atoms with van der Waals surface area (Å²) in [4.78, 5) is 15.1. The fourth-order valence-electron chi connectivity index (χ4n) is 5.04. The molecule has 0 saturated carbocycles. The van der Waals surface area contributed by atoms with Crippen LogP contribution >= 0.6 is 0 Å². The molecule has 0 spiro atoms. The fraction of sp³-hybridized carbons (Fsp3) is 0.594. The molecular formula is C32H47N3O9S. The number of alkyl carbamates (subject to hydrolysis) is 1. The number of fused-ring (bicyclic) bond motifs is 1. The lowest BCUT2D eigenvalue weighted by atomic mass is 10.0. The number of nitrogens with one attached hydrogen (secondary N) is 1. The minimum absolute atomic E-state index is 0.0206. The first kappa shape index (κ1) is 34.8. The van der Waals surface area contributed by atoms with Crippen molar-refractivity contribution in [2.45, 2.75) is 63.7 Å². The third kappa shape index (κ3) is 10.5. The molecule has 12 nitrogen and oxygen atoms in total. The van der Waals surface area contributed by atoms with E-state index in [9.17, 15) is 18.3 Å². The number of amides is 1. The van der Waals surface area contributed by atoms with Gasteiger partial charge in [-0.25, -0.2) is 13.2 Å². The molecule has 2 aliphatic heterocycles. The minimum Gasteiger partial charge on any atom is -0.492 e. The lowest BCUT2D eigenvalue weighted by Crippen LogP contribution is -2.51. The Morgan fingerprint density at radius 1 is 1.04 bits per heavy atom. The summed E-state index contributed by atoms with van der Waals surface area (Å²) in [6, 6.07) is 11.0. The van der Waals surface area contributed by atoms with Crippen LogP contribution in [-0.4, -0.2) is 106 Å². The van der Waals surface area contributed by atoms with Gasteiger partial charge in [-0.3, -0.25) is 4.90 Å². The molecule has 2 aromatic rings. The van der Waals surface area contributed by atoms with Gasteiger partial charge in [-0.15, -0.1) is 0 Å². The molecule has 1 amide bonds. The zero-order valence-electron chi connectivity index (χ0n) is 26.9. The highest BCUT2D eigenvalue weighted by Crippen LogP contribution is 2.35. The quantitative estimate of drug-likeness (QED) is 0.314. The molecule has 2 aliphatic rings. The van der Waals surface area contributed by atoms with Crippen LogP contribution in [0.3, 0.4) is 0 Å². The number of sulfonamides is 1. The molecule has 0 aromatic heterocycles. The number of morpholine rings is 1. The van der Waals surface area contributed by atoms with Crippen LogP contribution in [0.4, 0.5) is 4.79 Å². The Morgan fingerprint density at radius 2 is 1.73 bits per heavy atom. The van der Waals surface area contributed by atoms with Crippen molar-refractivity contribution in [1.82, 2.24) is 14.5 Å². The van der Waals surface area contributed by atoms with Crippen molar-refractivity contribution in [3.63, 3.8) is 0 Å². The van der Waals surface area contributed by atoms with E-state index in [0.29, 0.717) is 23.9 Å². The van der Waals surface area contributed by atoms with Crippen LogP contribution in [0.5, 0.6) is 17.2 Å². The average molecular weight is 650 g/mol. The van der Waals surface area contributed by atoms with Gasteiger partial charge in [0.2, 0.25) is 16.8 Å². The second kappa shape index (κ2) is 15.5. The number of benzene rings is 2. The first-order chi connectivity index (χ1) is 21.3. The van der Waals surface area contributed by atoms with Crippen molar-refractivity contribution in [1.29, 1.82) is 0 Å². The summed E-state index contributed by atoms with van der Waals surface area (Å²) in [5.74, 6) is 1.50. The molecule has 1 fully saturated rings. The topological polar surface area (TPSA) is 136 Å². The smallest absolute Gasteiger partial charge is 0.407 e. The second-order valence-corrected chi connectivity index (χ2v) is 14.6. The van der Waals surface area contributed by atoms with E-state index >= 15 is 0 Å². The van der Waals surface area contributed by atoms with Crippen LogP contribution in [0.15, 0.2) is 47.4 Å². The zero-order valence-corrected chi connectivity index (χ0v) is 27.7. The van der Waals surface area contributed by atoms with Crippen LogP contribution in [0.1, 0.15) is 40.2 Å². The normalized spacial score (nSPS) is 16.9. The van der Waals surface area contributed by atoms with Gasteiger partial charge in [-0.1, -0.05) is 26.0 Å². The van der Waals surface area contributed by atoms with Crippen molar-refractivity contribution in [2.75, 3.05) is 59.3 Å². The van der Waals surface area contributed by atoms with Crippen LogP contribution in [0.2, 0.25) is 0 Å². The molecule has 1 saturated heterocycles. The number of hydrogen-bond donors (Lipinski definition) is 2. The lowest BCUT2D eigenvalue weighted by Gasteiger charge is -2.31. The maximum Gasteiger partial charge on any atom is 0.407 e. The Hall–Kier alpha value is -3.10. The van der Waals surface area contributed by atoms with Crippen molar-refractivity contribution in [3.8, 4) is 17.2 Å². The van der Waals surface area contributed by atoms with Crippen molar-refractivity contribution in [3.05, 3.63) is 48.0 Å². The summed E-state index contributed by atoms with van der Waals surface area (Å²) in [5.41, 5.74) is 0.0660. The van der Waals surface area contributed by atoms with E-state index in [1.165, 1.54) is 16.4 Å². The highest BCUT2D eigenvalue weighted by atomic mass is 32.2. The molecule has 2 aromatic carbocycles. The van der Waals surface area contributed by atoms with E-state index < -0.39 is 33.9 Å². The number of aliphatic hydroxyl groups is 1. The number of nitrogens with zero attached hydrogens (tertiary/aromatic N) is 2. The van der Waals surface area contributed by atoms with E-state index in [1.807, 2.05) is 38.1 Å². The molecule has 0 radical (unpaired) electrons. The molecular weight excluding hydrogens is 602 g/mol. The summed E-state index contributed by atoms with van der Waals surface area (Å²) in [6.07, 6.45) is -1.73. The van der Waals surface area contributed by atoms with Gasteiger partial charge in [0, 0.05) is 38.8 Å². The molecule has 2 atom stereocenters. The number of rotatable bonds is 14. The maximum atomic E-state index is 13.8. The molecule has 0 bridgehead atoms. The van der Waals surface area contributed by atoms with E-state index in [1.54, 1.807) is 26.8 Å². The Labute approximate surface area is 266 Å². The van der Waals surface area contributed by atoms with Gasteiger partial charge in [0.05, 0.1) is 30.3 Å². The van der Waals surface area contributed by atoms with Gasteiger partial charge < -0.3 is 34.1 Å². The van der Waals surface area contributed by atoms with Crippen LogP contribution in [0.25, 0.3) is 0 Å². The predicted molar refractivity (Wildman–Crippen MR) is 168 cm³/mol. The van der Waals surface area contributed by atoms with Crippen LogP contribution < -0.4 is 19.5 Å². The van der Waals surface area contributed by atoms with Crippen LogP contribution in [-0.2, 0) is 25.9 Å². The molecule has 0 aliphatic carbocycles. The molecule has 13 heteroatoms. The largest absolute Gasteiger partial charge is 0.492 e. The van der Waals surface area contributed by atoms with E-state index in [2.05, 4.69) is 10.2 Å². The molecule has 0 unspecified atom stereocenters. The fourth-order valence-corrected chi connectivity index (χ4v) is 6.67. The summed E-state index contributed by atoms with van der Waals surface area (Å²) >= 11 is 0. The molecule has 2 N–H and O–H groups in total. The van der Waals surface area contributed by atoms with E-state index in [0.717, 1.165) is 38.4 Å². The number of ether oxygens (including phenoxy) is 5. The summed E-state index contributed by atoms with van der Waals surface area (Å²) in [7, 11) is -4.03. The van der Waals surface area contributed by atoms with Crippen molar-refractivity contribution in [2.24, 2.45) is 5.92 Å². The maximum absolute atomic E-state index is 13.8. The molecule has 45 heavy (non-hydrogen) atoms. The lowest BCUT2D eigenvalue weighted by molar-refractivity contribution is 0.0322. The highest BCUT2D eigenvalue weighted by molar-refractivity contribution is 7.89. The van der Waals surface area contributed by atoms with Gasteiger partial charge >= 0.3 is 6.09 Å². The Bertz CT molecular complexity index is 1360. The monoisotopic (exact) mass is 649 g/mol. The number of hydrogen-bond acceptors (Lipinski definition) is 10. The Morgan fingerprint density at radius 3 is 2.40 bits per heavy atom. The SMILES string of the molecule is CC(C)CN(C[C@@H](O)[C@H](Cc1ccc(OCCN2CCOCC2)cc1)NC(=O)OC(C)(C)C)S(=O)(=O)c1ccc2c(c1)OCO2. The van der Waals surface area contributed by atoms with Crippen LogP contribution in [0, 0.1) is 5.92 Å². The summed E-state index contributed by atoms with van der Waals surface area (Å²) in [5, 5.41) is 14.3. The average Bonchev–Trinajstić information content (AvgIpc) is 3.45. The standard InChI is InChI=1S/C32H47N3O9S/c1-23(2)20-35(45(38,39)26-10-11-29-30(19-26)43-22-42-29)21-28(36)27(33-31(37)44-32(3,4)5)18-24-6-8-25(9-7-24)41-17-14-34-12-15-40-16-13-34/h6-11,19,23,27-28,36H,12-18,20-22H2,1-5H3,(H,33,37)/t27-,28+/m0/s1. The first-order valence-electron chi connectivity index (χ1n) is 15.4. The molecule has 2 heterocycles. The third-order valence-corrected chi connectivity index (χ3v) is 9.09. The predicted octanol–water partition coefficient (Wildman–Crippen LogP) is 3.27. The molecule has 250 valence electrons. The van der Waals surface area contributed by atoms with Gasteiger partial charge in [0.1, 0.15) is 18.0 Å². The van der Waals surface area contributed by atoms with Gasteiger partial charge in [-0.2, -0.15) is 4.31 Å². The van der Waals surface area contributed by atoms with Crippen molar-refractivity contribution >= 4 is 16.1 Å². The van der Waals surface area contributed by atoms with Gasteiger partial charge in [0.25, 0.3) is 0 Å². The number of carbonyl (C=O) groups excluding carboxylic acids is 1. The molecule has 4 rings (SSSR count). The zero-order chi connectivity index (χ0) is 32.6. The minimum atomic E-state index is -4.03. The van der Waals surface area contributed by atoms with E-state index in [4.69, 9.17) is 23.7 Å². The first-order valence-corrected chi connectivity index (χ1v) is 16.8. The second-order valence-electron chi connectivity index (χ2n) is 12.7. The third-order valence-electron chi connectivity index (χ3n) is 7.27. The number of carbonyl (C=O) groups is 1. The summed E-state index contributed by atoms with van der Waals surface area (Å²) in [6.45, 7) is 13.6. The highest BCUT2D eigenvalue weighted by Gasteiger charge is 2.33. The van der Waals surface area contributed by atoms with E-state index in [-0.39, 0.29) is 37.1 Å². The Kier molecular flexibility index (Phi) is 11.9.